The van der Waals surface area contributed by atoms with Crippen molar-refractivity contribution in [3.05, 3.63) is 77.5 Å². The van der Waals surface area contributed by atoms with E-state index >= 15 is 0 Å². The number of anilines is 2. The Balaban J connectivity index is 1.32. The first-order valence-electron chi connectivity index (χ1n) is 13.9. The molecule has 2 saturated heterocycles. The summed E-state index contributed by atoms with van der Waals surface area (Å²) in [5.74, 6) is -1.50. The van der Waals surface area contributed by atoms with Gasteiger partial charge < -0.3 is 15.3 Å². The third-order valence-electron chi connectivity index (χ3n) is 8.25. The van der Waals surface area contributed by atoms with E-state index in [1.165, 1.54) is 12.1 Å². The van der Waals surface area contributed by atoms with Crippen LogP contribution in [0.4, 0.5) is 29.1 Å². The number of aliphatic carboxylic acids is 1. The molecule has 2 N–H and O–H groups in total. The molecule has 0 spiro atoms. The summed E-state index contributed by atoms with van der Waals surface area (Å²) in [6.07, 6.45) is -0.950. The third kappa shape index (κ3) is 6.41. The van der Waals surface area contributed by atoms with Crippen molar-refractivity contribution in [2.24, 2.45) is 0 Å². The number of rotatable bonds is 7. The van der Waals surface area contributed by atoms with Crippen molar-refractivity contribution in [2.45, 2.75) is 57.0 Å². The number of pyridine rings is 1. The summed E-state index contributed by atoms with van der Waals surface area (Å²) in [6.45, 7) is 4.12. The lowest BCUT2D eigenvalue weighted by Crippen LogP contribution is -2.46. The predicted octanol–water partition coefficient (Wildman–Crippen LogP) is 6.40. The van der Waals surface area contributed by atoms with Gasteiger partial charge in [0.25, 0.3) is 5.91 Å². The van der Waals surface area contributed by atoms with E-state index in [2.05, 4.69) is 22.1 Å². The number of halogens is 4. The maximum absolute atomic E-state index is 14.4. The molecule has 1 aromatic heterocycles. The zero-order valence-electron chi connectivity index (χ0n) is 23.1. The van der Waals surface area contributed by atoms with E-state index in [1.807, 2.05) is 4.90 Å². The first-order chi connectivity index (χ1) is 19.9. The van der Waals surface area contributed by atoms with Crippen LogP contribution in [0.15, 0.2) is 60.8 Å². The molecule has 0 aliphatic carbocycles. The summed E-state index contributed by atoms with van der Waals surface area (Å²) in [6, 6.07) is 13.9. The average molecular weight is 585 g/mol. The summed E-state index contributed by atoms with van der Waals surface area (Å²) < 4.78 is 53.7. The standard InChI is InChI=1S/C31H32F4N4O3/c1-20-3-2-14-39(20)19-23-17-27(36-18-26(23)21-4-8-24(9-5-21)31(33,34)35)37-28(40)22-6-10-25(11-7-22)38-15-12-30(32,13-16-38)29(41)42/h4-11,17-18,20H,2-3,12-16,19H2,1H3,(H,41,42)(H,36,37,40)/t20-/m1/s1. The normalized spacial score (nSPS) is 19.1. The summed E-state index contributed by atoms with van der Waals surface area (Å²) in [7, 11) is 0. The minimum Gasteiger partial charge on any atom is -0.479 e. The van der Waals surface area contributed by atoms with Crippen LogP contribution in [-0.4, -0.2) is 58.2 Å². The van der Waals surface area contributed by atoms with Gasteiger partial charge in [0.15, 0.2) is 0 Å². The van der Waals surface area contributed by atoms with Crippen molar-refractivity contribution in [2.75, 3.05) is 29.9 Å². The van der Waals surface area contributed by atoms with E-state index in [-0.39, 0.29) is 31.8 Å². The van der Waals surface area contributed by atoms with Crippen LogP contribution in [0, 0.1) is 0 Å². The number of carbonyl (C=O) groups is 2. The minimum atomic E-state index is -4.43. The molecule has 2 aromatic carbocycles. The molecular formula is C31H32F4N4O3. The van der Waals surface area contributed by atoms with Gasteiger partial charge in [0, 0.05) is 61.5 Å². The molecule has 3 heterocycles. The van der Waals surface area contributed by atoms with Gasteiger partial charge in [-0.15, -0.1) is 0 Å². The second-order valence-corrected chi connectivity index (χ2v) is 11.0. The fraction of sp³-hybridized carbons (Fsp3) is 0.387. The monoisotopic (exact) mass is 584 g/mol. The number of carbonyl (C=O) groups excluding carboxylic acids is 1. The smallest absolute Gasteiger partial charge is 0.416 e. The zero-order chi connectivity index (χ0) is 30.1. The highest BCUT2D eigenvalue weighted by Crippen LogP contribution is 2.34. The number of carboxylic acids is 1. The molecule has 1 amide bonds. The molecular weight excluding hydrogens is 552 g/mol. The van der Waals surface area contributed by atoms with E-state index in [1.54, 1.807) is 36.5 Å². The summed E-state index contributed by atoms with van der Waals surface area (Å²) in [5.41, 5.74) is 0.365. The van der Waals surface area contributed by atoms with E-state index in [0.717, 1.165) is 42.8 Å². The molecule has 222 valence electrons. The molecule has 0 unspecified atom stereocenters. The van der Waals surface area contributed by atoms with Gasteiger partial charge in [-0.05, 0) is 79.9 Å². The van der Waals surface area contributed by atoms with E-state index in [4.69, 9.17) is 5.11 Å². The average Bonchev–Trinajstić information content (AvgIpc) is 3.37. The zero-order valence-corrected chi connectivity index (χ0v) is 23.1. The van der Waals surface area contributed by atoms with Crippen molar-refractivity contribution in [3.63, 3.8) is 0 Å². The quantitative estimate of drug-likeness (QED) is 0.313. The Morgan fingerprint density at radius 2 is 1.71 bits per heavy atom. The molecule has 5 rings (SSSR count). The summed E-state index contributed by atoms with van der Waals surface area (Å²) in [4.78, 5) is 32.8. The molecule has 0 saturated carbocycles. The summed E-state index contributed by atoms with van der Waals surface area (Å²) in [5, 5.41) is 11.9. The van der Waals surface area contributed by atoms with Gasteiger partial charge in [-0.1, -0.05) is 12.1 Å². The molecule has 3 aromatic rings. The first kappa shape index (κ1) is 29.5. The number of nitrogens with zero attached hydrogens (tertiary/aromatic N) is 3. The van der Waals surface area contributed by atoms with Crippen molar-refractivity contribution < 1.29 is 32.3 Å². The van der Waals surface area contributed by atoms with Crippen LogP contribution in [0.3, 0.4) is 0 Å². The van der Waals surface area contributed by atoms with Crippen LogP contribution >= 0.6 is 0 Å². The molecule has 0 radical (unpaired) electrons. The van der Waals surface area contributed by atoms with Gasteiger partial charge in [-0.2, -0.15) is 13.2 Å². The number of aromatic nitrogens is 1. The first-order valence-corrected chi connectivity index (χ1v) is 13.9. The maximum atomic E-state index is 14.4. The number of likely N-dealkylation sites (tertiary alicyclic amines) is 1. The lowest BCUT2D eigenvalue weighted by atomic mass is 9.93. The van der Waals surface area contributed by atoms with Crippen molar-refractivity contribution in [1.82, 2.24) is 9.88 Å². The van der Waals surface area contributed by atoms with Gasteiger partial charge in [0.2, 0.25) is 5.67 Å². The number of alkyl halides is 4. The Hall–Kier alpha value is -3.99. The van der Waals surface area contributed by atoms with Crippen LogP contribution < -0.4 is 10.2 Å². The van der Waals surface area contributed by atoms with Crippen molar-refractivity contribution in [3.8, 4) is 11.1 Å². The predicted molar refractivity (Wildman–Crippen MR) is 151 cm³/mol. The number of carboxylic acid groups (broad SMARTS) is 1. The van der Waals surface area contributed by atoms with Crippen molar-refractivity contribution >= 4 is 23.4 Å². The molecule has 1 atom stereocenters. The van der Waals surface area contributed by atoms with Crippen LogP contribution in [-0.2, 0) is 17.5 Å². The second-order valence-electron chi connectivity index (χ2n) is 11.0. The Kier molecular flexibility index (Phi) is 8.23. The molecule has 0 bridgehead atoms. The number of piperidine rings is 1. The molecule has 7 nitrogen and oxygen atoms in total. The lowest BCUT2D eigenvalue weighted by molar-refractivity contribution is -0.152. The largest absolute Gasteiger partial charge is 0.479 e. The Bertz CT molecular complexity index is 1440. The fourth-order valence-corrected chi connectivity index (χ4v) is 5.59. The molecule has 2 aliphatic heterocycles. The van der Waals surface area contributed by atoms with Gasteiger partial charge in [0.05, 0.1) is 5.56 Å². The van der Waals surface area contributed by atoms with E-state index in [0.29, 0.717) is 35.1 Å². The third-order valence-corrected chi connectivity index (χ3v) is 8.25. The minimum absolute atomic E-state index is 0.114. The topological polar surface area (TPSA) is 85.8 Å². The van der Waals surface area contributed by atoms with Crippen LogP contribution in [0.1, 0.15) is 54.1 Å². The van der Waals surface area contributed by atoms with Gasteiger partial charge in [-0.25, -0.2) is 14.2 Å². The highest BCUT2D eigenvalue weighted by Gasteiger charge is 2.41. The number of amides is 1. The van der Waals surface area contributed by atoms with Crippen LogP contribution in [0.2, 0.25) is 0 Å². The summed E-state index contributed by atoms with van der Waals surface area (Å²) >= 11 is 0. The Labute approximate surface area is 241 Å². The number of hydrogen-bond acceptors (Lipinski definition) is 5. The Morgan fingerprint density at radius 1 is 1.05 bits per heavy atom. The van der Waals surface area contributed by atoms with Crippen LogP contribution in [0.5, 0.6) is 0 Å². The molecule has 11 heteroatoms. The number of benzene rings is 2. The SMILES string of the molecule is C[C@@H]1CCCN1Cc1cc(NC(=O)c2ccc(N3CCC(F)(C(=O)O)CC3)cc2)ncc1-c1ccc(C(F)(F)F)cc1. The number of nitrogens with one attached hydrogen (secondary N) is 1. The van der Waals surface area contributed by atoms with E-state index in [9.17, 15) is 27.2 Å². The molecule has 2 fully saturated rings. The number of hydrogen-bond donors (Lipinski definition) is 2. The highest BCUT2D eigenvalue weighted by atomic mass is 19.4. The Morgan fingerprint density at radius 3 is 2.29 bits per heavy atom. The highest BCUT2D eigenvalue weighted by molar-refractivity contribution is 6.04. The van der Waals surface area contributed by atoms with Gasteiger partial charge >= 0.3 is 12.1 Å². The maximum Gasteiger partial charge on any atom is 0.416 e. The van der Waals surface area contributed by atoms with E-state index < -0.39 is 23.4 Å². The molecule has 42 heavy (non-hydrogen) atoms. The van der Waals surface area contributed by atoms with Crippen molar-refractivity contribution in [1.29, 1.82) is 0 Å². The molecule has 2 aliphatic rings. The second kappa shape index (κ2) is 11.7. The fourth-order valence-electron chi connectivity index (χ4n) is 5.59. The van der Waals surface area contributed by atoms with Crippen LogP contribution in [0.25, 0.3) is 11.1 Å². The lowest BCUT2D eigenvalue weighted by Gasteiger charge is -2.35. The van der Waals surface area contributed by atoms with Gasteiger partial charge in [0.1, 0.15) is 5.82 Å². The van der Waals surface area contributed by atoms with Gasteiger partial charge in [-0.3, -0.25) is 9.69 Å².